The maximum atomic E-state index is 8.92. The van der Waals surface area contributed by atoms with Gasteiger partial charge < -0.3 is 0 Å². The van der Waals surface area contributed by atoms with Gasteiger partial charge in [-0.15, -0.1) is 0 Å². The van der Waals surface area contributed by atoms with Crippen LogP contribution in [0.4, 0.5) is 0 Å². The number of hydrogen-bond acceptors (Lipinski definition) is 2. The van der Waals surface area contributed by atoms with Crippen LogP contribution in [0.5, 0.6) is 0 Å². The SMILES string of the molecule is Cc1nc(C(C)C#N)cc2c(Br)cccc12. The number of benzene rings is 1. The fourth-order valence-electron chi connectivity index (χ4n) is 1.72. The predicted octanol–water partition coefficient (Wildman–Crippen LogP) is 3.93. The molecule has 1 aromatic heterocycles. The van der Waals surface area contributed by atoms with E-state index in [4.69, 9.17) is 5.26 Å². The Morgan fingerprint density at radius 1 is 1.38 bits per heavy atom. The van der Waals surface area contributed by atoms with Crippen LogP contribution < -0.4 is 0 Å². The van der Waals surface area contributed by atoms with Crippen LogP contribution in [-0.4, -0.2) is 4.98 Å². The average Bonchev–Trinajstić information content (AvgIpc) is 2.29. The number of fused-ring (bicyclic) bond motifs is 1. The molecule has 3 heteroatoms. The van der Waals surface area contributed by atoms with E-state index in [0.29, 0.717) is 0 Å². The smallest absolute Gasteiger partial charge is 0.0857 e. The molecule has 1 heterocycles. The van der Waals surface area contributed by atoms with Crippen LogP contribution in [0.1, 0.15) is 24.2 Å². The molecule has 0 fully saturated rings. The number of rotatable bonds is 1. The van der Waals surface area contributed by atoms with Crippen molar-refractivity contribution in [2.24, 2.45) is 0 Å². The minimum absolute atomic E-state index is 0.171. The molecule has 0 N–H and O–H groups in total. The summed E-state index contributed by atoms with van der Waals surface area (Å²) >= 11 is 3.53. The Morgan fingerprint density at radius 3 is 2.81 bits per heavy atom. The van der Waals surface area contributed by atoms with Gasteiger partial charge in [-0.1, -0.05) is 28.1 Å². The highest BCUT2D eigenvalue weighted by Crippen LogP contribution is 2.28. The van der Waals surface area contributed by atoms with Crippen LogP contribution in [0.15, 0.2) is 28.7 Å². The fourth-order valence-corrected chi connectivity index (χ4v) is 2.20. The van der Waals surface area contributed by atoms with Crippen LogP contribution in [0, 0.1) is 18.3 Å². The minimum Gasteiger partial charge on any atom is -0.256 e. The normalized spacial score (nSPS) is 12.4. The summed E-state index contributed by atoms with van der Waals surface area (Å²) < 4.78 is 1.04. The number of halogens is 1. The van der Waals surface area contributed by atoms with Gasteiger partial charge in [0.1, 0.15) is 0 Å². The summed E-state index contributed by atoms with van der Waals surface area (Å²) in [4.78, 5) is 4.47. The van der Waals surface area contributed by atoms with E-state index in [1.54, 1.807) is 0 Å². The predicted molar refractivity (Wildman–Crippen MR) is 68.2 cm³/mol. The minimum atomic E-state index is -0.171. The fraction of sp³-hybridized carbons (Fsp3) is 0.231. The summed E-state index contributed by atoms with van der Waals surface area (Å²) in [7, 11) is 0. The second kappa shape index (κ2) is 4.23. The van der Waals surface area contributed by atoms with Crippen molar-refractivity contribution >= 4 is 26.7 Å². The first-order valence-electron chi connectivity index (χ1n) is 5.09. The van der Waals surface area contributed by atoms with E-state index in [1.165, 1.54) is 0 Å². The lowest BCUT2D eigenvalue weighted by Gasteiger charge is -2.08. The average molecular weight is 275 g/mol. The summed E-state index contributed by atoms with van der Waals surface area (Å²) in [6, 6.07) is 10.2. The van der Waals surface area contributed by atoms with E-state index in [-0.39, 0.29) is 5.92 Å². The zero-order valence-corrected chi connectivity index (χ0v) is 10.7. The summed E-state index contributed by atoms with van der Waals surface area (Å²) in [6.07, 6.45) is 0. The molecule has 0 spiro atoms. The zero-order valence-electron chi connectivity index (χ0n) is 9.16. The highest BCUT2D eigenvalue weighted by atomic mass is 79.9. The van der Waals surface area contributed by atoms with Crippen LogP contribution in [-0.2, 0) is 0 Å². The number of aryl methyl sites for hydroxylation is 1. The molecule has 0 saturated carbocycles. The lowest BCUT2D eigenvalue weighted by atomic mass is 10.0. The molecule has 2 aromatic rings. The first-order valence-corrected chi connectivity index (χ1v) is 5.88. The number of nitriles is 1. The van der Waals surface area contributed by atoms with Gasteiger partial charge in [0.25, 0.3) is 0 Å². The van der Waals surface area contributed by atoms with Crippen molar-refractivity contribution < 1.29 is 0 Å². The Kier molecular flexibility index (Phi) is 2.93. The van der Waals surface area contributed by atoms with Gasteiger partial charge in [0, 0.05) is 15.6 Å². The molecule has 2 nitrogen and oxygen atoms in total. The van der Waals surface area contributed by atoms with Crippen molar-refractivity contribution in [3.63, 3.8) is 0 Å². The number of nitrogens with zero attached hydrogens (tertiary/aromatic N) is 2. The Labute approximate surface area is 103 Å². The summed E-state index contributed by atoms with van der Waals surface area (Å²) in [6.45, 7) is 3.84. The quantitative estimate of drug-likeness (QED) is 0.790. The Balaban J connectivity index is 2.76. The third kappa shape index (κ3) is 1.81. The van der Waals surface area contributed by atoms with Gasteiger partial charge in [-0.05, 0) is 31.4 Å². The molecule has 0 bridgehead atoms. The largest absolute Gasteiger partial charge is 0.256 e. The second-order valence-electron chi connectivity index (χ2n) is 3.82. The van der Waals surface area contributed by atoms with Gasteiger partial charge in [0.15, 0.2) is 0 Å². The first-order chi connectivity index (χ1) is 7.63. The van der Waals surface area contributed by atoms with Crippen LogP contribution in [0.2, 0.25) is 0 Å². The molecule has 0 saturated heterocycles. The molecule has 1 unspecified atom stereocenters. The molecule has 1 atom stereocenters. The number of hydrogen-bond donors (Lipinski definition) is 0. The van der Waals surface area contributed by atoms with Gasteiger partial charge in [0.2, 0.25) is 0 Å². The van der Waals surface area contributed by atoms with E-state index >= 15 is 0 Å². The summed E-state index contributed by atoms with van der Waals surface area (Å²) in [5.41, 5.74) is 1.80. The maximum absolute atomic E-state index is 8.92. The molecule has 0 aliphatic rings. The topological polar surface area (TPSA) is 36.7 Å². The molecule has 2 rings (SSSR count). The van der Waals surface area contributed by atoms with Gasteiger partial charge in [-0.25, -0.2) is 0 Å². The third-order valence-corrected chi connectivity index (χ3v) is 3.36. The third-order valence-electron chi connectivity index (χ3n) is 2.67. The van der Waals surface area contributed by atoms with E-state index in [1.807, 2.05) is 38.1 Å². The standard InChI is InChI=1S/C13H11BrN2/c1-8(7-15)13-6-11-10(9(2)16-13)4-3-5-12(11)14/h3-6,8H,1-2H3. The zero-order chi connectivity index (χ0) is 11.7. The Hall–Kier alpha value is -1.40. The molecular formula is C13H11BrN2. The summed E-state index contributed by atoms with van der Waals surface area (Å²) in [5.74, 6) is -0.171. The van der Waals surface area contributed by atoms with Gasteiger partial charge in [0.05, 0.1) is 17.7 Å². The number of pyridine rings is 1. The molecular weight excluding hydrogens is 264 g/mol. The monoisotopic (exact) mass is 274 g/mol. The Bertz CT molecular complexity index is 584. The highest BCUT2D eigenvalue weighted by molar-refractivity contribution is 9.10. The van der Waals surface area contributed by atoms with E-state index in [9.17, 15) is 0 Å². The van der Waals surface area contributed by atoms with E-state index in [2.05, 4.69) is 27.0 Å². The van der Waals surface area contributed by atoms with Crippen molar-refractivity contribution in [2.75, 3.05) is 0 Å². The van der Waals surface area contributed by atoms with Crippen molar-refractivity contribution in [1.29, 1.82) is 5.26 Å². The second-order valence-corrected chi connectivity index (χ2v) is 4.67. The van der Waals surface area contributed by atoms with E-state index in [0.717, 1.165) is 26.6 Å². The van der Waals surface area contributed by atoms with Crippen LogP contribution >= 0.6 is 15.9 Å². The molecule has 0 radical (unpaired) electrons. The van der Waals surface area contributed by atoms with Crippen molar-refractivity contribution in [1.82, 2.24) is 4.98 Å². The van der Waals surface area contributed by atoms with Gasteiger partial charge in [-0.3, -0.25) is 4.98 Å². The molecule has 1 aromatic carbocycles. The lowest BCUT2D eigenvalue weighted by Crippen LogP contribution is -1.97. The van der Waals surface area contributed by atoms with Crippen LogP contribution in [0.3, 0.4) is 0 Å². The van der Waals surface area contributed by atoms with Crippen LogP contribution in [0.25, 0.3) is 10.8 Å². The first kappa shape index (κ1) is 11.1. The molecule has 0 amide bonds. The van der Waals surface area contributed by atoms with Crippen molar-refractivity contribution in [2.45, 2.75) is 19.8 Å². The maximum Gasteiger partial charge on any atom is 0.0857 e. The molecule has 0 aliphatic carbocycles. The van der Waals surface area contributed by atoms with Crippen molar-refractivity contribution in [3.05, 3.63) is 40.1 Å². The highest BCUT2D eigenvalue weighted by Gasteiger charge is 2.10. The summed E-state index contributed by atoms with van der Waals surface area (Å²) in [5, 5.41) is 11.2. The number of aromatic nitrogens is 1. The molecule has 0 aliphatic heterocycles. The molecule has 80 valence electrons. The van der Waals surface area contributed by atoms with Crippen molar-refractivity contribution in [3.8, 4) is 6.07 Å². The lowest BCUT2D eigenvalue weighted by molar-refractivity contribution is 0.913. The van der Waals surface area contributed by atoms with E-state index < -0.39 is 0 Å². The molecule has 16 heavy (non-hydrogen) atoms. The Morgan fingerprint density at radius 2 is 2.12 bits per heavy atom. The van der Waals surface area contributed by atoms with Gasteiger partial charge in [-0.2, -0.15) is 5.26 Å². The van der Waals surface area contributed by atoms with Gasteiger partial charge >= 0.3 is 0 Å².